The van der Waals surface area contributed by atoms with Crippen LogP contribution in [0.25, 0.3) is 0 Å². The fourth-order valence-corrected chi connectivity index (χ4v) is 5.59. The van der Waals surface area contributed by atoms with E-state index in [1.165, 1.54) is 12.8 Å². The van der Waals surface area contributed by atoms with Gasteiger partial charge in [-0.15, -0.1) is 0 Å². The Morgan fingerprint density at radius 1 is 1.27 bits per heavy atom. The van der Waals surface area contributed by atoms with E-state index in [1.807, 2.05) is 6.07 Å². The van der Waals surface area contributed by atoms with E-state index in [2.05, 4.69) is 30.0 Å². The third kappa shape index (κ3) is 2.50. The number of benzene rings is 1. The van der Waals surface area contributed by atoms with Crippen molar-refractivity contribution in [2.75, 3.05) is 47.6 Å². The standard InChI is InChI=1S/C20H28N2O4/c1-21(2)9-14-15-10-22(11-20(15)5-4-16(14)26-20)8-13-6-18-19(25-12-24-18)7-17(13)23-3/h6-7,14-16H,4-5,8-12H2,1-3H3/t14-,15+,16+,20+/m0/s1. The monoisotopic (exact) mass is 360 g/mol. The van der Waals surface area contributed by atoms with Crippen LogP contribution < -0.4 is 14.2 Å². The van der Waals surface area contributed by atoms with Crippen LogP contribution in [0.2, 0.25) is 0 Å². The lowest BCUT2D eigenvalue weighted by molar-refractivity contribution is 0.00140. The Kier molecular flexibility index (Phi) is 3.85. The van der Waals surface area contributed by atoms with Crippen LogP contribution in [0.15, 0.2) is 12.1 Å². The number of fused-ring (bicyclic) bond motifs is 2. The van der Waals surface area contributed by atoms with Crippen molar-refractivity contribution in [3.63, 3.8) is 0 Å². The highest BCUT2D eigenvalue weighted by Gasteiger charge is 2.62. The highest BCUT2D eigenvalue weighted by atomic mass is 16.7. The third-order valence-corrected chi connectivity index (χ3v) is 6.60. The van der Waals surface area contributed by atoms with Crippen LogP contribution in [-0.2, 0) is 11.3 Å². The summed E-state index contributed by atoms with van der Waals surface area (Å²) < 4.78 is 23.2. The molecule has 0 N–H and O–H groups in total. The molecular weight excluding hydrogens is 332 g/mol. The summed E-state index contributed by atoms with van der Waals surface area (Å²) in [5.41, 5.74) is 1.24. The molecule has 0 unspecified atom stereocenters. The van der Waals surface area contributed by atoms with Crippen molar-refractivity contribution in [3.8, 4) is 17.2 Å². The first-order chi connectivity index (χ1) is 12.6. The molecule has 1 aromatic carbocycles. The Hall–Kier alpha value is -1.50. The Balaban J connectivity index is 1.36. The van der Waals surface area contributed by atoms with Crippen LogP contribution >= 0.6 is 0 Å². The van der Waals surface area contributed by atoms with E-state index >= 15 is 0 Å². The Labute approximate surface area is 154 Å². The molecule has 3 fully saturated rings. The molecule has 1 spiro atoms. The lowest BCUT2D eigenvalue weighted by Gasteiger charge is -2.31. The summed E-state index contributed by atoms with van der Waals surface area (Å²) in [6.07, 6.45) is 2.89. The minimum Gasteiger partial charge on any atom is -0.496 e. The summed E-state index contributed by atoms with van der Waals surface area (Å²) in [4.78, 5) is 4.85. The molecule has 0 aromatic heterocycles. The summed E-state index contributed by atoms with van der Waals surface area (Å²) in [5, 5.41) is 0. The van der Waals surface area contributed by atoms with Gasteiger partial charge in [-0.1, -0.05) is 0 Å². The fourth-order valence-electron chi connectivity index (χ4n) is 5.59. The van der Waals surface area contributed by atoms with E-state index in [4.69, 9.17) is 18.9 Å². The second-order valence-electron chi connectivity index (χ2n) is 8.48. The molecule has 0 amide bonds. The molecule has 4 heterocycles. The number of rotatable bonds is 5. The first-order valence-electron chi connectivity index (χ1n) is 9.59. The van der Waals surface area contributed by atoms with E-state index in [1.54, 1.807) is 7.11 Å². The molecule has 0 radical (unpaired) electrons. The van der Waals surface area contributed by atoms with Crippen molar-refractivity contribution >= 4 is 0 Å². The molecule has 6 nitrogen and oxygen atoms in total. The number of nitrogens with zero attached hydrogens (tertiary/aromatic N) is 2. The van der Waals surface area contributed by atoms with Gasteiger partial charge in [0, 0.05) is 49.6 Å². The van der Waals surface area contributed by atoms with Crippen LogP contribution in [0.4, 0.5) is 0 Å². The molecule has 1 aromatic rings. The van der Waals surface area contributed by atoms with Gasteiger partial charge in [0.1, 0.15) is 5.75 Å². The molecular formula is C20H28N2O4. The molecule has 2 bridgehead atoms. The minimum absolute atomic E-state index is 0.0783. The normalized spacial score (nSPS) is 34.7. The van der Waals surface area contributed by atoms with E-state index < -0.39 is 0 Å². The van der Waals surface area contributed by atoms with Gasteiger partial charge in [0.15, 0.2) is 11.5 Å². The Morgan fingerprint density at radius 3 is 2.85 bits per heavy atom. The van der Waals surface area contributed by atoms with Crippen LogP contribution in [-0.4, -0.2) is 69.1 Å². The van der Waals surface area contributed by atoms with Gasteiger partial charge >= 0.3 is 0 Å². The van der Waals surface area contributed by atoms with E-state index in [-0.39, 0.29) is 12.4 Å². The van der Waals surface area contributed by atoms with Gasteiger partial charge in [-0.3, -0.25) is 4.90 Å². The van der Waals surface area contributed by atoms with Crippen LogP contribution in [0.1, 0.15) is 18.4 Å². The molecule has 26 heavy (non-hydrogen) atoms. The fraction of sp³-hybridized carbons (Fsp3) is 0.700. The Morgan fingerprint density at radius 2 is 2.08 bits per heavy atom. The van der Waals surface area contributed by atoms with E-state index in [9.17, 15) is 0 Å². The zero-order chi connectivity index (χ0) is 17.9. The summed E-state index contributed by atoms with van der Waals surface area (Å²) in [6.45, 7) is 4.40. The van der Waals surface area contributed by atoms with Gasteiger partial charge in [0.2, 0.25) is 6.79 Å². The summed E-state index contributed by atoms with van der Waals surface area (Å²) in [5.74, 6) is 3.77. The molecule has 0 saturated carbocycles. The van der Waals surface area contributed by atoms with Crippen LogP contribution in [0.3, 0.4) is 0 Å². The second-order valence-corrected chi connectivity index (χ2v) is 8.48. The zero-order valence-corrected chi connectivity index (χ0v) is 15.9. The molecule has 3 saturated heterocycles. The first-order valence-corrected chi connectivity index (χ1v) is 9.59. The van der Waals surface area contributed by atoms with Crippen molar-refractivity contribution < 1.29 is 18.9 Å². The van der Waals surface area contributed by atoms with Crippen LogP contribution in [0, 0.1) is 11.8 Å². The molecule has 5 rings (SSSR count). The SMILES string of the molecule is COc1cc2c(cc1CN1C[C@@H]3[C@H](CN(C)C)[C@H]4CC[C@]3(C1)O4)OCO2. The first kappa shape index (κ1) is 16.7. The minimum atomic E-state index is 0.0783. The molecule has 4 aliphatic rings. The zero-order valence-electron chi connectivity index (χ0n) is 15.9. The highest BCUT2D eigenvalue weighted by molar-refractivity contribution is 5.51. The van der Waals surface area contributed by atoms with Gasteiger partial charge in [0.05, 0.1) is 18.8 Å². The quantitative estimate of drug-likeness (QED) is 0.800. The van der Waals surface area contributed by atoms with Crippen molar-refractivity contribution in [1.29, 1.82) is 0 Å². The maximum Gasteiger partial charge on any atom is 0.231 e. The number of methoxy groups -OCH3 is 1. The summed E-state index contributed by atoms with van der Waals surface area (Å²) in [7, 11) is 6.06. The van der Waals surface area contributed by atoms with Crippen molar-refractivity contribution in [2.45, 2.75) is 31.1 Å². The lowest BCUT2D eigenvalue weighted by Crippen LogP contribution is -2.40. The lowest BCUT2D eigenvalue weighted by atomic mass is 9.73. The van der Waals surface area contributed by atoms with Gasteiger partial charge in [-0.2, -0.15) is 0 Å². The van der Waals surface area contributed by atoms with Crippen molar-refractivity contribution in [2.24, 2.45) is 11.8 Å². The highest BCUT2D eigenvalue weighted by Crippen LogP contribution is 2.55. The average Bonchev–Trinajstić information content (AvgIpc) is 3.34. The van der Waals surface area contributed by atoms with Crippen molar-refractivity contribution in [1.82, 2.24) is 9.80 Å². The van der Waals surface area contributed by atoms with E-state index in [0.29, 0.717) is 17.9 Å². The molecule has 4 aliphatic heterocycles. The number of ether oxygens (including phenoxy) is 4. The largest absolute Gasteiger partial charge is 0.496 e. The van der Waals surface area contributed by atoms with Gasteiger partial charge in [0.25, 0.3) is 0 Å². The predicted molar refractivity (Wildman–Crippen MR) is 96.8 cm³/mol. The third-order valence-electron chi connectivity index (χ3n) is 6.60. The van der Waals surface area contributed by atoms with Crippen LogP contribution in [0.5, 0.6) is 17.2 Å². The van der Waals surface area contributed by atoms with Gasteiger partial charge < -0.3 is 23.8 Å². The average molecular weight is 360 g/mol. The Bertz CT molecular complexity index is 709. The number of hydrogen-bond acceptors (Lipinski definition) is 6. The van der Waals surface area contributed by atoms with Crippen molar-refractivity contribution in [3.05, 3.63) is 17.7 Å². The smallest absolute Gasteiger partial charge is 0.231 e. The van der Waals surface area contributed by atoms with Gasteiger partial charge in [-0.25, -0.2) is 0 Å². The summed E-state index contributed by atoms with van der Waals surface area (Å²) in [6, 6.07) is 4.02. The van der Waals surface area contributed by atoms with Gasteiger partial charge in [-0.05, 0) is 33.0 Å². The second kappa shape index (κ2) is 6.01. The molecule has 142 valence electrons. The molecule has 6 heteroatoms. The summed E-state index contributed by atoms with van der Waals surface area (Å²) >= 11 is 0. The molecule has 0 aliphatic carbocycles. The molecule has 4 atom stereocenters. The number of hydrogen-bond donors (Lipinski definition) is 0. The predicted octanol–water partition coefficient (Wildman–Crippen LogP) is 1.96. The number of likely N-dealkylation sites (tertiary alicyclic amines) is 1. The maximum atomic E-state index is 6.55. The van der Waals surface area contributed by atoms with E-state index in [0.717, 1.165) is 49.0 Å². The topological polar surface area (TPSA) is 43.4 Å². The maximum absolute atomic E-state index is 6.55.